The van der Waals surface area contributed by atoms with Gasteiger partial charge in [-0.25, -0.2) is 4.39 Å². The van der Waals surface area contributed by atoms with Crippen molar-refractivity contribution in [2.75, 3.05) is 13.1 Å². The summed E-state index contributed by atoms with van der Waals surface area (Å²) in [6.07, 6.45) is 3.98. The molecule has 0 bridgehead atoms. The average Bonchev–Trinajstić information content (AvgIpc) is 3.47. The van der Waals surface area contributed by atoms with E-state index in [4.69, 9.17) is 4.74 Å². The van der Waals surface area contributed by atoms with E-state index in [1.54, 1.807) is 6.07 Å². The van der Waals surface area contributed by atoms with Crippen molar-refractivity contribution in [2.24, 2.45) is 11.8 Å². The van der Waals surface area contributed by atoms with Crippen LogP contribution in [0.25, 0.3) is 0 Å². The van der Waals surface area contributed by atoms with Crippen molar-refractivity contribution in [3.8, 4) is 0 Å². The van der Waals surface area contributed by atoms with Crippen molar-refractivity contribution in [3.05, 3.63) is 71.5 Å². The van der Waals surface area contributed by atoms with Gasteiger partial charge in [0.05, 0.1) is 0 Å². The number of likely N-dealkylation sites (tertiary alicyclic amines) is 1. The Hall–Kier alpha value is -2.53. The molecule has 2 aromatic carbocycles. The molecule has 5 heteroatoms. The molecule has 4 nitrogen and oxygen atoms in total. The largest absolute Gasteiger partial charge is 0.460 e. The van der Waals surface area contributed by atoms with E-state index in [1.807, 2.05) is 36.4 Å². The van der Waals surface area contributed by atoms with Crippen LogP contribution < -0.4 is 0 Å². The maximum atomic E-state index is 13.7. The van der Waals surface area contributed by atoms with Crippen LogP contribution in [-0.2, 0) is 20.9 Å². The summed E-state index contributed by atoms with van der Waals surface area (Å²) in [4.78, 5) is 26.7. The molecule has 152 valence electrons. The molecule has 0 spiro atoms. The zero-order chi connectivity index (χ0) is 20.2. The molecule has 0 unspecified atom stereocenters. The van der Waals surface area contributed by atoms with Crippen molar-refractivity contribution in [2.45, 2.75) is 37.8 Å². The van der Waals surface area contributed by atoms with Gasteiger partial charge in [0.25, 0.3) is 0 Å². The third-order valence-electron chi connectivity index (χ3n) is 6.04. The van der Waals surface area contributed by atoms with E-state index in [9.17, 15) is 14.0 Å². The number of ether oxygens (including phenoxy) is 1. The lowest BCUT2D eigenvalue weighted by atomic mass is 9.90. The fraction of sp³-hybridized carbons (Fsp3) is 0.417. The summed E-state index contributed by atoms with van der Waals surface area (Å²) in [6.45, 7) is 1.31. The Kier molecular flexibility index (Phi) is 6.05. The number of halogens is 1. The first-order valence-corrected chi connectivity index (χ1v) is 10.3. The van der Waals surface area contributed by atoms with Crippen molar-refractivity contribution in [1.29, 1.82) is 0 Å². The molecular weight excluding hydrogens is 369 g/mol. The topological polar surface area (TPSA) is 46.6 Å². The summed E-state index contributed by atoms with van der Waals surface area (Å²) in [5.41, 5.74) is 1.77. The molecule has 0 amide bonds. The molecule has 0 aromatic heterocycles. The van der Waals surface area contributed by atoms with E-state index in [2.05, 4.69) is 4.90 Å². The second-order valence-electron chi connectivity index (χ2n) is 8.20. The predicted octanol–water partition coefficient (Wildman–Crippen LogP) is 3.95. The van der Waals surface area contributed by atoms with Crippen LogP contribution in [0.2, 0.25) is 0 Å². The molecule has 0 N–H and O–H groups in total. The Bertz CT molecular complexity index is 852. The number of carbonyl (C=O) groups is 2. The first-order valence-electron chi connectivity index (χ1n) is 10.3. The SMILES string of the molecule is O=C[C@H]1CN([C@H](CC2CC2)C(=O)OCc2ccccc2)C[C@@H]1c1cccc(F)c1. The molecule has 2 aromatic rings. The minimum atomic E-state index is -0.354. The lowest BCUT2D eigenvalue weighted by Gasteiger charge is -2.26. The zero-order valence-corrected chi connectivity index (χ0v) is 16.4. The van der Waals surface area contributed by atoms with Crippen molar-refractivity contribution >= 4 is 12.3 Å². The number of esters is 1. The van der Waals surface area contributed by atoms with Gasteiger partial charge in [-0.2, -0.15) is 0 Å². The van der Waals surface area contributed by atoms with Gasteiger partial charge in [-0.3, -0.25) is 9.69 Å². The summed E-state index contributed by atoms with van der Waals surface area (Å²) in [5, 5.41) is 0. The van der Waals surface area contributed by atoms with Crippen LogP contribution in [-0.4, -0.2) is 36.3 Å². The second kappa shape index (κ2) is 8.87. The molecule has 1 aliphatic carbocycles. The van der Waals surface area contributed by atoms with Gasteiger partial charge < -0.3 is 9.53 Å². The van der Waals surface area contributed by atoms with Gasteiger partial charge in [0, 0.05) is 24.9 Å². The lowest BCUT2D eigenvalue weighted by molar-refractivity contribution is -0.151. The highest BCUT2D eigenvalue weighted by Crippen LogP contribution is 2.38. The normalized spacial score (nSPS) is 22.9. The maximum absolute atomic E-state index is 13.7. The van der Waals surface area contributed by atoms with Gasteiger partial charge in [-0.15, -0.1) is 0 Å². The molecule has 1 saturated heterocycles. The molecule has 1 saturated carbocycles. The summed E-state index contributed by atoms with van der Waals surface area (Å²) in [6, 6.07) is 15.7. The maximum Gasteiger partial charge on any atom is 0.323 e. The van der Waals surface area contributed by atoms with E-state index in [1.165, 1.54) is 12.1 Å². The summed E-state index contributed by atoms with van der Waals surface area (Å²) < 4.78 is 19.3. The van der Waals surface area contributed by atoms with Gasteiger partial charge in [-0.1, -0.05) is 55.3 Å². The standard InChI is InChI=1S/C24H26FNO3/c25-21-8-4-7-19(12-21)22-14-26(13-20(22)15-27)23(11-17-9-10-17)24(28)29-16-18-5-2-1-3-6-18/h1-8,12,15,17,20,22-23H,9-11,13-14,16H2/t20-,22-,23-/m1/s1. The van der Waals surface area contributed by atoms with Crippen LogP contribution in [0, 0.1) is 17.7 Å². The Morgan fingerprint density at radius 1 is 1.14 bits per heavy atom. The number of aldehydes is 1. The number of hydrogen-bond donors (Lipinski definition) is 0. The molecule has 0 radical (unpaired) electrons. The fourth-order valence-electron chi connectivity index (χ4n) is 4.23. The highest BCUT2D eigenvalue weighted by Gasteiger charge is 2.42. The smallest absolute Gasteiger partial charge is 0.323 e. The molecule has 2 aliphatic rings. The fourth-order valence-corrected chi connectivity index (χ4v) is 4.23. The quantitative estimate of drug-likeness (QED) is 0.502. The molecule has 2 fully saturated rings. The van der Waals surface area contributed by atoms with E-state index in [0.29, 0.717) is 19.0 Å². The summed E-state index contributed by atoms with van der Waals surface area (Å²) in [7, 11) is 0. The summed E-state index contributed by atoms with van der Waals surface area (Å²) >= 11 is 0. The minimum Gasteiger partial charge on any atom is -0.460 e. The predicted molar refractivity (Wildman–Crippen MR) is 108 cm³/mol. The second-order valence-corrected chi connectivity index (χ2v) is 8.20. The molecular formula is C24H26FNO3. The van der Waals surface area contributed by atoms with Gasteiger partial charge in [0.2, 0.25) is 0 Å². The Balaban J connectivity index is 1.47. The van der Waals surface area contributed by atoms with Crippen LogP contribution in [0.1, 0.15) is 36.3 Å². The van der Waals surface area contributed by atoms with E-state index >= 15 is 0 Å². The van der Waals surface area contributed by atoms with Crippen LogP contribution in [0.15, 0.2) is 54.6 Å². The highest BCUT2D eigenvalue weighted by atomic mass is 19.1. The Labute approximate surface area is 170 Å². The highest BCUT2D eigenvalue weighted by molar-refractivity contribution is 5.76. The van der Waals surface area contributed by atoms with E-state index in [0.717, 1.165) is 36.7 Å². The summed E-state index contributed by atoms with van der Waals surface area (Å²) in [5.74, 6) is -0.341. The van der Waals surface area contributed by atoms with Gasteiger partial charge in [-0.05, 0) is 35.6 Å². The van der Waals surface area contributed by atoms with Crippen LogP contribution >= 0.6 is 0 Å². The van der Waals surface area contributed by atoms with Gasteiger partial charge in [0.1, 0.15) is 24.8 Å². The molecule has 29 heavy (non-hydrogen) atoms. The van der Waals surface area contributed by atoms with Crippen molar-refractivity contribution in [1.82, 2.24) is 4.90 Å². The third-order valence-corrected chi connectivity index (χ3v) is 6.04. The minimum absolute atomic E-state index is 0.105. The van der Waals surface area contributed by atoms with Crippen molar-refractivity contribution in [3.63, 3.8) is 0 Å². The number of carbonyl (C=O) groups excluding carboxylic acids is 2. The van der Waals surface area contributed by atoms with Crippen molar-refractivity contribution < 1.29 is 18.7 Å². The molecule has 1 heterocycles. The molecule has 1 aliphatic heterocycles. The number of hydrogen-bond acceptors (Lipinski definition) is 4. The van der Waals surface area contributed by atoms with Crippen LogP contribution in [0.3, 0.4) is 0 Å². The molecule has 3 atom stereocenters. The lowest BCUT2D eigenvalue weighted by Crippen LogP contribution is -2.41. The zero-order valence-electron chi connectivity index (χ0n) is 16.4. The monoisotopic (exact) mass is 395 g/mol. The molecule has 4 rings (SSSR count). The van der Waals surface area contributed by atoms with Gasteiger partial charge >= 0.3 is 5.97 Å². The number of benzene rings is 2. The Morgan fingerprint density at radius 3 is 2.62 bits per heavy atom. The first kappa shape index (κ1) is 19.8. The van der Waals surface area contributed by atoms with E-state index in [-0.39, 0.29) is 36.3 Å². The van der Waals surface area contributed by atoms with Crippen LogP contribution in [0.4, 0.5) is 4.39 Å². The third kappa shape index (κ3) is 4.91. The number of nitrogens with zero attached hydrogens (tertiary/aromatic N) is 1. The average molecular weight is 395 g/mol. The van der Waals surface area contributed by atoms with Crippen LogP contribution in [0.5, 0.6) is 0 Å². The Morgan fingerprint density at radius 2 is 1.93 bits per heavy atom. The van der Waals surface area contributed by atoms with Gasteiger partial charge in [0.15, 0.2) is 0 Å². The first-order chi connectivity index (χ1) is 14.1. The number of rotatable bonds is 8. The van der Waals surface area contributed by atoms with E-state index < -0.39 is 0 Å².